The van der Waals surface area contributed by atoms with Gasteiger partial charge in [0.05, 0.1) is 24.2 Å². The van der Waals surface area contributed by atoms with Crippen LogP contribution in [0.4, 0.5) is 0 Å². The van der Waals surface area contributed by atoms with Gasteiger partial charge >= 0.3 is 0 Å². The molecule has 0 bridgehead atoms. The predicted molar refractivity (Wildman–Crippen MR) is 163 cm³/mol. The fourth-order valence-corrected chi connectivity index (χ4v) is 5.00. The standard InChI is InChI=1S/C34H31N3O5/c1-21(2)26-17-27(22(3)15-31(26)39-4)33-36-28-11-7-6-10-25(28)34(38)37(33)35-18-24-9-5-8-12-29(24)40-19-23-13-14-30-32(16-23)42-20-41-30/h5-18,21H,19-20H2,1-4H3. The van der Waals surface area contributed by atoms with E-state index in [4.69, 9.17) is 29.0 Å². The van der Waals surface area contributed by atoms with Crippen molar-refractivity contribution in [1.29, 1.82) is 0 Å². The fourth-order valence-electron chi connectivity index (χ4n) is 5.00. The van der Waals surface area contributed by atoms with Gasteiger partial charge in [0.1, 0.15) is 18.1 Å². The first kappa shape index (κ1) is 27.1. The summed E-state index contributed by atoms with van der Waals surface area (Å²) in [6, 6.07) is 24.6. The minimum atomic E-state index is -0.257. The van der Waals surface area contributed by atoms with Crippen LogP contribution in [0.15, 0.2) is 88.8 Å². The number of rotatable bonds is 8. The van der Waals surface area contributed by atoms with E-state index in [-0.39, 0.29) is 18.3 Å². The summed E-state index contributed by atoms with van der Waals surface area (Å²) in [5, 5.41) is 5.18. The van der Waals surface area contributed by atoms with Crippen LogP contribution in [0.1, 0.15) is 42.0 Å². The summed E-state index contributed by atoms with van der Waals surface area (Å²) >= 11 is 0. The third kappa shape index (κ3) is 5.19. The molecule has 0 saturated carbocycles. The zero-order valence-electron chi connectivity index (χ0n) is 24.0. The van der Waals surface area contributed by atoms with E-state index in [1.807, 2.05) is 79.7 Å². The van der Waals surface area contributed by atoms with Gasteiger partial charge in [-0.05, 0) is 78.1 Å². The fraction of sp³-hybridized carbons (Fsp3) is 0.206. The van der Waals surface area contributed by atoms with Crippen LogP contribution in [0.2, 0.25) is 0 Å². The van der Waals surface area contributed by atoms with Crippen LogP contribution in [-0.4, -0.2) is 29.8 Å². The molecule has 0 spiro atoms. The third-order valence-corrected chi connectivity index (χ3v) is 7.26. The maximum atomic E-state index is 13.8. The van der Waals surface area contributed by atoms with Crippen molar-refractivity contribution in [3.63, 3.8) is 0 Å². The average Bonchev–Trinajstić information content (AvgIpc) is 3.48. The van der Waals surface area contributed by atoms with Gasteiger partial charge in [0.2, 0.25) is 6.79 Å². The molecule has 8 heteroatoms. The Hall–Kier alpha value is -5.11. The SMILES string of the molecule is COc1cc(C)c(-c2nc3ccccc3c(=O)n2N=Cc2ccccc2OCc2ccc3c(c2)OCO3)cc1C(C)C. The molecule has 212 valence electrons. The van der Waals surface area contributed by atoms with Crippen molar-refractivity contribution in [1.82, 2.24) is 9.66 Å². The molecular weight excluding hydrogens is 530 g/mol. The van der Waals surface area contributed by atoms with Crippen molar-refractivity contribution in [2.45, 2.75) is 33.3 Å². The maximum absolute atomic E-state index is 13.8. The molecule has 0 atom stereocenters. The summed E-state index contributed by atoms with van der Waals surface area (Å²) < 4.78 is 24.1. The Morgan fingerprint density at radius 1 is 0.976 bits per heavy atom. The second-order valence-electron chi connectivity index (χ2n) is 10.4. The summed E-state index contributed by atoms with van der Waals surface area (Å²) in [4.78, 5) is 18.7. The second kappa shape index (κ2) is 11.4. The molecule has 1 aliphatic heterocycles. The normalized spacial score (nSPS) is 12.4. The number of para-hydroxylation sites is 2. The minimum absolute atomic E-state index is 0.206. The monoisotopic (exact) mass is 561 g/mol. The van der Waals surface area contributed by atoms with E-state index in [0.29, 0.717) is 34.8 Å². The molecule has 0 N–H and O–H groups in total. The molecule has 0 saturated heterocycles. The van der Waals surface area contributed by atoms with Crippen molar-refractivity contribution >= 4 is 17.1 Å². The lowest BCUT2D eigenvalue weighted by molar-refractivity contribution is 0.174. The Bertz CT molecular complexity index is 1880. The van der Waals surface area contributed by atoms with E-state index in [0.717, 1.165) is 39.3 Å². The lowest BCUT2D eigenvalue weighted by Gasteiger charge is -2.17. The van der Waals surface area contributed by atoms with Gasteiger partial charge in [-0.15, -0.1) is 0 Å². The van der Waals surface area contributed by atoms with Crippen LogP contribution >= 0.6 is 0 Å². The van der Waals surface area contributed by atoms with Crippen molar-refractivity contribution in [2.24, 2.45) is 5.10 Å². The minimum Gasteiger partial charge on any atom is -0.496 e. The van der Waals surface area contributed by atoms with Gasteiger partial charge in [0, 0.05) is 11.1 Å². The van der Waals surface area contributed by atoms with Crippen LogP contribution in [0.3, 0.4) is 0 Å². The van der Waals surface area contributed by atoms with Gasteiger partial charge < -0.3 is 18.9 Å². The number of aryl methyl sites for hydroxylation is 1. The molecule has 2 heterocycles. The van der Waals surface area contributed by atoms with E-state index in [9.17, 15) is 4.79 Å². The summed E-state index contributed by atoms with van der Waals surface area (Å²) in [7, 11) is 1.67. The summed E-state index contributed by atoms with van der Waals surface area (Å²) in [5.41, 5.74) is 4.78. The van der Waals surface area contributed by atoms with Crippen LogP contribution in [0, 0.1) is 6.92 Å². The van der Waals surface area contributed by atoms with Crippen molar-refractivity contribution in [2.75, 3.05) is 13.9 Å². The topological polar surface area (TPSA) is 84.2 Å². The number of ether oxygens (including phenoxy) is 4. The zero-order chi connectivity index (χ0) is 29.2. The molecule has 8 nitrogen and oxygen atoms in total. The Morgan fingerprint density at radius 3 is 2.60 bits per heavy atom. The first-order valence-corrected chi connectivity index (χ1v) is 13.8. The van der Waals surface area contributed by atoms with E-state index in [2.05, 4.69) is 13.8 Å². The summed E-state index contributed by atoms with van der Waals surface area (Å²) in [5.74, 6) is 3.52. The van der Waals surface area contributed by atoms with Gasteiger partial charge in [-0.25, -0.2) is 4.98 Å². The Kier molecular flexibility index (Phi) is 7.35. The number of nitrogens with zero attached hydrogens (tertiary/aromatic N) is 3. The first-order valence-electron chi connectivity index (χ1n) is 13.8. The molecule has 0 fully saturated rings. The average molecular weight is 562 g/mol. The van der Waals surface area contributed by atoms with E-state index >= 15 is 0 Å². The number of aromatic nitrogens is 2. The molecule has 0 unspecified atom stereocenters. The lowest BCUT2D eigenvalue weighted by atomic mass is 9.96. The number of benzene rings is 4. The highest BCUT2D eigenvalue weighted by Gasteiger charge is 2.19. The zero-order valence-corrected chi connectivity index (χ0v) is 24.0. The molecule has 5 aromatic rings. The van der Waals surface area contributed by atoms with Crippen molar-refractivity contribution in [3.05, 3.63) is 111 Å². The van der Waals surface area contributed by atoms with Gasteiger partial charge in [-0.1, -0.05) is 44.2 Å². The van der Waals surface area contributed by atoms with Gasteiger partial charge in [0.25, 0.3) is 5.56 Å². The molecule has 0 radical (unpaired) electrons. The Balaban J connectivity index is 1.41. The highest BCUT2D eigenvalue weighted by Crippen LogP contribution is 2.35. The van der Waals surface area contributed by atoms with Crippen LogP contribution in [-0.2, 0) is 6.61 Å². The largest absolute Gasteiger partial charge is 0.496 e. The molecule has 1 aliphatic rings. The third-order valence-electron chi connectivity index (χ3n) is 7.26. The van der Waals surface area contributed by atoms with E-state index in [1.54, 1.807) is 19.4 Å². The van der Waals surface area contributed by atoms with Crippen molar-refractivity contribution < 1.29 is 18.9 Å². The molecule has 0 amide bonds. The molecule has 0 aliphatic carbocycles. The maximum Gasteiger partial charge on any atom is 0.282 e. The Morgan fingerprint density at radius 2 is 1.76 bits per heavy atom. The van der Waals surface area contributed by atoms with Crippen molar-refractivity contribution in [3.8, 4) is 34.4 Å². The second-order valence-corrected chi connectivity index (χ2v) is 10.4. The quantitative estimate of drug-likeness (QED) is 0.196. The molecular formula is C34H31N3O5. The number of fused-ring (bicyclic) bond motifs is 2. The first-order chi connectivity index (χ1) is 20.4. The highest BCUT2D eigenvalue weighted by molar-refractivity contribution is 5.84. The lowest BCUT2D eigenvalue weighted by Crippen LogP contribution is -2.21. The predicted octanol–water partition coefficient (Wildman–Crippen LogP) is 6.69. The molecule has 6 rings (SSSR count). The molecule has 4 aromatic carbocycles. The number of hydrogen-bond acceptors (Lipinski definition) is 7. The number of methoxy groups -OCH3 is 1. The van der Waals surface area contributed by atoms with Gasteiger partial charge in [-0.2, -0.15) is 9.78 Å². The molecule has 1 aromatic heterocycles. The molecule has 42 heavy (non-hydrogen) atoms. The number of hydrogen-bond donors (Lipinski definition) is 0. The van der Waals surface area contributed by atoms with E-state index < -0.39 is 0 Å². The van der Waals surface area contributed by atoms with Crippen LogP contribution in [0.5, 0.6) is 23.0 Å². The summed E-state index contributed by atoms with van der Waals surface area (Å²) in [6.07, 6.45) is 1.64. The van der Waals surface area contributed by atoms with E-state index in [1.165, 1.54) is 4.68 Å². The van der Waals surface area contributed by atoms with Gasteiger partial charge in [0.15, 0.2) is 17.3 Å². The summed E-state index contributed by atoms with van der Waals surface area (Å²) in [6.45, 7) is 6.75. The van der Waals surface area contributed by atoms with Crippen LogP contribution < -0.4 is 24.5 Å². The van der Waals surface area contributed by atoms with Gasteiger partial charge in [-0.3, -0.25) is 4.79 Å². The highest BCUT2D eigenvalue weighted by atomic mass is 16.7. The smallest absolute Gasteiger partial charge is 0.282 e. The van der Waals surface area contributed by atoms with Crippen LogP contribution in [0.25, 0.3) is 22.3 Å². The Labute approximate surface area is 243 Å².